The maximum atomic E-state index is 14.8. The summed E-state index contributed by atoms with van der Waals surface area (Å²) in [7, 11) is 0. The number of aliphatic hydroxyl groups is 1. The van der Waals surface area contributed by atoms with E-state index in [4.69, 9.17) is 9.47 Å². The minimum absolute atomic E-state index is 0.153. The van der Waals surface area contributed by atoms with Crippen LogP contribution >= 0.6 is 15.9 Å². The number of allylic oxidation sites excluding steroid dienone is 1. The van der Waals surface area contributed by atoms with E-state index in [0.717, 1.165) is 10.8 Å². The fourth-order valence-corrected chi connectivity index (χ4v) is 7.98. The minimum Gasteiger partial charge on any atom is -0.465 e. The molecule has 3 unspecified atom stereocenters. The number of hydrogen-bond donors (Lipinski definition) is 1. The van der Waals surface area contributed by atoms with Crippen LogP contribution in [-0.4, -0.2) is 76.2 Å². The Labute approximate surface area is 255 Å². The van der Waals surface area contributed by atoms with Crippen LogP contribution in [0.5, 0.6) is 0 Å². The fourth-order valence-electron chi connectivity index (χ4n) is 7.03. The first kappa shape index (κ1) is 30.4. The Kier molecular flexibility index (Phi) is 8.92. The van der Waals surface area contributed by atoms with E-state index in [1.54, 1.807) is 17.1 Å². The fraction of sp³-hybridized carbons (Fsp3) is 0.485. The van der Waals surface area contributed by atoms with Gasteiger partial charge in [-0.2, -0.15) is 0 Å². The van der Waals surface area contributed by atoms with Gasteiger partial charge in [-0.05, 0) is 48.1 Å². The topological polar surface area (TPSA) is 96.4 Å². The number of amides is 2. The quantitative estimate of drug-likeness (QED) is 0.158. The van der Waals surface area contributed by atoms with E-state index in [0.29, 0.717) is 24.9 Å². The van der Waals surface area contributed by atoms with Gasteiger partial charge >= 0.3 is 5.97 Å². The van der Waals surface area contributed by atoms with Gasteiger partial charge in [0.25, 0.3) is 5.91 Å². The predicted molar refractivity (Wildman–Crippen MR) is 165 cm³/mol. The number of hydrogen-bond acceptors (Lipinski definition) is 6. The summed E-state index contributed by atoms with van der Waals surface area (Å²) in [5.41, 5.74) is -0.590. The van der Waals surface area contributed by atoms with Crippen LogP contribution in [0.3, 0.4) is 0 Å². The normalized spacial score (nSPS) is 28.6. The molecule has 1 spiro atoms. The van der Waals surface area contributed by atoms with Gasteiger partial charge in [-0.3, -0.25) is 14.4 Å². The van der Waals surface area contributed by atoms with Crippen LogP contribution in [0.25, 0.3) is 10.8 Å². The van der Waals surface area contributed by atoms with Crippen molar-refractivity contribution in [2.75, 3.05) is 24.7 Å². The van der Waals surface area contributed by atoms with Crippen molar-refractivity contribution in [3.8, 4) is 0 Å². The molecule has 2 aromatic rings. The molecule has 7 atom stereocenters. The Morgan fingerprint density at radius 3 is 2.62 bits per heavy atom. The van der Waals surface area contributed by atoms with Crippen LogP contribution in [0.15, 0.2) is 67.8 Å². The molecule has 3 fully saturated rings. The van der Waals surface area contributed by atoms with Crippen LogP contribution < -0.4 is 4.90 Å². The molecular formula is C33H39BrN2O6. The number of nitrogens with zero attached hydrogens (tertiary/aromatic N) is 2. The minimum atomic E-state index is -1.25. The predicted octanol–water partition coefficient (Wildman–Crippen LogP) is 4.63. The zero-order valence-corrected chi connectivity index (χ0v) is 25.7. The molecule has 9 heteroatoms. The Morgan fingerprint density at radius 2 is 1.95 bits per heavy atom. The summed E-state index contributed by atoms with van der Waals surface area (Å²) in [5, 5.41) is 12.5. The van der Waals surface area contributed by atoms with Crippen molar-refractivity contribution in [3.05, 3.63) is 67.8 Å². The van der Waals surface area contributed by atoms with Crippen molar-refractivity contribution in [2.24, 2.45) is 17.8 Å². The van der Waals surface area contributed by atoms with Crippen molar-refractivity contribution < 1.29 is 29.0 Å². The highest BCUT2D eigenvalue weighted by Gasteiger charge is 2.77. The molecule has 2 aromatic carbocycles. The second-order valence-corrected chi connectivity index (χ2v) is 12.9. The van der Waals surface area contributed by atoms with E-state index in [1.165, 1.54) is 4.90 Å². The molecule has 2 amide bonds. The molecule has 42 heavy (non-hydrogen) atoms. The van der Waals surface area contributed by atoms with Crippen LogP contribution in [0.2, 0.25) is 0 Å². The van der Waals surface area contributed by atoms with Crippen LogP contribution in [0, 0.1) is 17.8 Å². The van der Waals surface area contributed by atoms with Crippen LogP contribution in [-0.2, 0) is 23.9 Å². The SMILES string of the molecule is C=CCCCOC(=O)[C@H]1[C@H]2C(=O)N([C@@H](CO)C(C)C)C(C(=O)N(CC=C)c3ccc4ccccc4c3)C23CC(Br)[C@@H]1O3. The zero-order valence-electron chi connectivity index (χ0n) is 24.2. The van der Waals surface area contributed by atoms with Gasteiger partial charge in [0.2, 0.25) is 5.91 Å². The number of alkyl halides is 1. The third-order valence-electron chi connectivity index (χ3n) is 8.97. The van der Waals surface area contributed by atoms with Gasteiger partial charge in [-0.15, -0.1) is 13.2 Å². The molecular weight excluding hydrogens is 600 g/mol. The van der Waals surface area contributed by atoms with E-state index >= 15 is 0 Å². The van der Waals surface area contributed by atoms with Crippen LogP contribution in [0.4, 0.5) is 5.69 Å². The summed E-state index contributed by atoms with van der Waals surface area (Å²) in [6.07, 6.45) is 4.51. The van der Waals surface area contributed by atoms with Gasteiger partial charge in [0.05, 0.1) is 37.2 Å². The number of anilines is 1. The van der Waals surface area contributed by atoms with Gasteiger partial charge < -0.3 is 24.4 Å². The molecule has 0 saturated carbocycles. The Balaban J connectivity index is 1.58. The van der Waals surface area contributed by atoms with Crippen molar-refractivity contribution in [1.29, 1.82) is 0 Å². The zero-order chi connectivity index (χ0) is 30.2. The van der Waals surface area contributed by atoms with Crippen molar-refractivity contribution in [2.45, 2.75) is 61.7 Å². The average molecular weight is 640 g/mol. The number of rotatable bonds is 12. The van der Waals surface area contributed by atoms with Crippen molar-refractivity contribution in [1.82, 2.24) is 4.90 Å². The first-order valence-electron chi connectivity index (χ1n) is 14.6. The van der Waals surface area contributed by atoms with Crippen molar-refractivity contribution >= 4 is 50.2 Å². The number of fused-ring (bicyclic) bond motifs is 2. The molecule has 3 aliphatic heterocycles. The lowest BCUT2D eigenvalue weighted by atomic mass is 9.70. The standard InChI is InChI=1S/C33H39BrN2O6/c1-5-7-10-16-41-32(40)26-27-30(38)36(25(19-37)20(3)4)29(33(27)18-24(34)28(26)42-33)31(39)35(15-6-2)23-14-13-21-11-8-9-12-22(21)17-23/h5-6,8-9,11-14,17,20,24-29,37H,1-2,7,10,15-16,18-19H2,3-4H3/t24?,25-,26-,27-,28-,29?,33?/m0/s1. The monoisotopic (exact) mass is 638 g/mol. The molecule has 2 bridgehead atoms. The number of aliphatic hydroxyl groups excluding tert-OH is 1. The lowest BCUT2D eigenvalue weighted by Gasteiger charge is -2.40. The maximum Gasteiger partial charge on any atom is 0.312 e. The average Bonchev–Trinajstić information content (AvgIpc) is 3.57. The molecule has 0 aromatic heterocycles. The largest absolute Gasteiger partial charge is 0.465 e. The number of benzene rings is 2. The van der Waals surface area contributed by atoms with Gasteiger partial charge in [0, 0.05) is 17.1 Å². The molecule has 5 rings (SSSR count). The highest BCUT2D eigenvalue weighted by molar-refractivity contribution is 9.09. The summed E-state index contributed by atoms with van der Waals surface area (Å²) in [6, 6.07) is 12.0. The summed E-state index contributed by atoms with van der Waals surface area (Å²) in [5.74, 6) is -3.09. The molecule has 3 heterocycles. The number of unbranched alkanes of at least 4 members (excludes halogenated alkanes) is 1. The van der Waals surface area contributed by atoms with Gasteiger partial charge in [0.15, 0.2) is 0 Å². The van der Waals surface area contributed by atoms with E-state index in [1.807, 2.05) is 56.3 Å². The molecule has 3 saturated heterocycles. The summed E-state index contributed by atoms with van der Waals surface area (Å²) in [4.78, 5) is 45.6. The van der Waals surface area contributed by atoms with Crippen molar-refractivity contribution in [3.63, 3.8) is 0 Å². The third kappa shape index (κ3) is 4.99. The molecule has 224 valence electrons. The van der Waals surface area contributed by atoms with Gasteiger partial charge in [-0.1, -0.05) is 72.3 Å². The maximum absolute atomic E-state index is 14.8. The number of likely N-dealkylation sites (tertiary alicyclic amines) is 1. The summed E-state index contributed by atoms with van der Waals surface area (Å²) < 4.78 is 12.2. The molecule has 1 N–H and O–H groups in total. The highest BCUT2D eigenvalue weighted by Crippen LogP contribution is 2.61. The second-order valence-electron chi connectivity index (χ2n) is 11.8. The number of carbonyl (C=O) groups excluding carboxylic acids is 3. The van der Waals surface area contributed by atoms with Crippen LogP contribution in [0.1, 0.15) is 33.1 Å². The number of ether oxygens (including phenoxy) is 2. The van der Waals surface area contributed by atoms with E-state index in [9.17, 15) is 19.5 Å². The lowest BCUT2D eigenvalue weighted by molar-refractivity contribution is -0.156. The first-order valence-corrected chi connectivity index (χ1v) is 15.5. The molecule has 3 aliphatic rings. The summed E-state index contributed by atoms with van der Waals surface area (Å²) in [6.45, 7) is 11.5. The van der Waals surface area contributed by atoms with Gasteiger partial charge in [-0.25, -0.2) is 0 Å². The van der Waals surface area contributed by atoms with E-state index in [-0.39, 0.29) is 42.3 Å². The smallest absolute Gasteiger partial charge is 0.312 e. The number of halogens is 1. The number of esters is 1. The Morgan fingerprint density at radius 1 is 1.21 bits per heavy atom. The summed E-state index contributed by atoms with van der Waals surface area (Å²) >= 11 is 3.70. The Bertz CT molecular complexity index is 1380. The molecule has 0 radical (unpaired) electrons. The third-order valence-corrected chi connectivity index (χ3v) is 9.81. The highest BCUT2D eigenvalue weighted by atomic mass is 79.9. The first-order chi connectivity index (χ1) is 20.2. The number of carbonyl (C=O) groups is 3. The lowest BCUT2D eigenvalue weighted by Crippen LogP contribution is -2.60. The van der Waals surface area contributed by atoms with E-state index < -0.39 is 41.6 Å². The molecule has 8 nitrogen and oxygen atoms in total. The molecule has 0 aliphatic carbocycles. The Hall–Kier alpha value is -3.01. The second kappa shape index (κ2) is 12.3. The van der Waals surface area contributed by atoms with Gasteiger partial charge in [0.1, 0.15) is 11.6 Å². The van der Waals surface area contributed by atoms with E-state index in [2.05, 4.69) is 29.1 Å².